The van der Waals surface area contributed by atoms with Gasteiger partial charge >= 0.3 is 0 Å². The van der Waals surface area contributed by atoms with Gasteiger partial charge in [0.1, 0.15) is 12.6 Å². The fourth-order valence-electron chi connectivity index (χ4n) is 3.00. The van der Waals surface area contributed by atoms with E-state index in [0.29, 0.717) is 29.1 Å². The average molecular weight is 376 g/mol. The zero-order valence-corrected chi connectivity index (χ0v) is 16.1. The Balaban J connectivity index is 1.79. The fraction of sp³-hybridized carbons (Fsp3) is 0.529. The zero-order valence-electron chi connectivity index (χ0n) is 15.3. The van der Waals surface area contributed by atoms with Crippen LogP contribution in [0.15, 0.2) is 24.8 Å². The van der Waals surface area contributed by atoms with Crippen LogP contribution in [0.1, 0.15) is 19.1 Å². The Morgan fingerprint density at radius 1 is 1.42 bits per heavy atom. The molecule has 2 aromatic heterocycles. The molecule has 1 N–H and O–H groups in total. The molecule has 0 aliphatic carbocycles. The number of carbonyl (C=O) groups is 1. The zero-order chi connectivity index (χ0) is 18.7. The lowest BCUT2D eigenvalue weighted by molar-refractivity contribution is -0.113. The predicted octanol–water partition coefficient (Wildman–Crippen LogP) is 1.92. The van der Waals surface area contributed by atoms with Crippen LogP contribution >= 0.6 is 11.8 Å². The van der Waals surface area contributed by atoms with E-state index in [0.717, 1.165) is 18.6 Å². The number of fused-ring (bicyclic) bond motifs is 1. The number of anilines is 1. The molecule has 140 valence electrons. The van der Waals surface area contributed by atoms with E-state index < -0.39 is 0 Å². The summed E-state index contributed by atoms with van der Waals surface area (Å²) in [5, 5.41) is 2.79. The minimum atomic E-state index is -0.273. The normalized spacial score (nSPS) is 20.0. The van der Waals surface area contributed by atoms with Gasteiger partial charge in [-0.15, -0.1) is 0 Å². The number of aromatic nitrogens is 4. The second kappa shape index (κ2) is 8.15. The molecule has 2 atom stereocenters. The minimum absolute atomic E-state index is 0.0840. The van der Waals surface area contributed by atoms with Crippen LogP contribution in [0.2, 0.25) is 0 Å². The van der Waals surface area contributed by atoms with E-state index in [1.165, 1.54) is 6.33 Å². The van der Waals surface area contributed by atoms with E-state index in [1.54, 1.807) is 18.1 Å². The summed E-state index contributed by atoms with van der Waals surface area (Å²) in [5.41, 5.74) is 1.67. The number of carbonyl (C=O) groups excluding carboxylic acids is 1. The lowest BCUT2D eigenvalue weighted by atomic mass is 10.2. The Bertz CT molecular complexity index is 806. The molecule has 2 unspecified atom stereocenters. The molecule has 0 radical (unpaired) electrons. The van der Waals surface area contributed by atoms with E-state index in [9.17, 15) is 4.79 Å². The Kier molecular flexibility index (Phi) is 5.90. The van der Waals surface area contributed by atoms with Crippen molar-refractivity contribution in [1.29, 1.82) is 0 Å². The van der Waals surface area contributed by atoms with Gasteiger partial charge in [0.15, 0.2) is 17.0 Å². The molecular weight excluding hydrogens is 352 g/mol. The molecule has 2 aromatic rings. The molecule has 3 heterocycles. The molecule has 8 nitrogen and oxygen atoms in total. The third-order valence-corrected chi connectivity index (χ3v) is 4.87. The highest BCUT2D eigenvalue weighted by Crippen LogP contribution is 2.32. The van der Waals surface area contributed by atoms with Crippen LogP contribution in [0.4, 0.5) is 5.82 Å². The number of nitrogens with zero attached hydrogens (tertiary/aromatic N) is 5. The Hall–Kier alpha value is -1.97. The number of ether oxygens (including phenoxy) is 1. The molecule has 1 amide bonds. The van der Waals surface area contributed by atoms with Crippen molar-refractivity contribution in [2.45, 2.75) is 25.2 Å². The van der Waals surface area contributed by atoms with Crippen molar-refractivity contribution in [3.05, 3.63) is 24.8 Å². The quantitative estimate of drug-likeness (QED) is 0.739. The van der Waals surface area contributed by atoms with Gasteiger partial charge in [0, 0.05) is 17.9 Å². The molecule has 26 heavy (non-hydrogen) atoms. The summed E-state index contributed by atoms with van der Waals surface area (Å²) < 4.78 is 8.01. The molecule has 0 saturated carbocycles. The van der Waals surface area contributed by atoms with Crippen molar-refractivity contribution < 1.29 is 9.53 Å². The number of amides is 1. The molecule has 9 heteroatoms. The lowest BCUT2D eigenvalue weighted by Crippen LogP contribution is -2.24. The largest absolute Gasteiger partial charge is 0.354 e. The smallest absolute Gasteiger partial charge is 0.253 e. The van der Waals surface area contributed by atoms with Gasteiger partial charge in [-0.05, 0) is 33.2 Å². The number of thioether (sulfide) groups is 1. The van der Waals surface area contributed by atoms with Crippen molar-refractivity contribution in [2.75, 3.05) is 38.0 Å². The SMILES string of the molecule is C=C(CN(C)C)C(=O)Nc1ncnc2c1ncn2C1CCC(CSC)O1. The molecule has 1 saturated heterocycles. The topological polar surface area (TPSA) is 85.2 Å². The summed E-state index contributed by atoms with van der Waals surface area (Å²) in [6.45, 7) is 4.29. The third-order valence-electron chi connectivity index (χ3n) is 4.17. The molecule has 0 spiro atoms. The molecule has 1 aliphatic rings. The summed E-state index contributed by atoms with van der Waals surface area (Å²) in [6, 6.07) is 0. The second-order valence-electron chi connectivity index (χ2n) is 6.59. The number of hydrogen-bond donors (Lipinski definition) is 1. The highest BCUT2D eigenvalue weighted by Gasteiger charge is 2.28. The molecule has 1 aliphatic heterocycles. The highest BCUT2D eigenvalue weighted by atomic mass is 32.2. The van der Waals surface area contributed by atoms with Gasteiger partial charge in [-0.3, -0.25) is 9.36 Å². The highest BCUT2D eigenvalue weighted by molar-refractivity contribution is 7.98. The first-order valence-electron chi connectivity index (χ1n) is 8.45. The maximum atomic E-state index is 12.3. The lowest BCUT2D eigenvalue weighted by Gasteiger charge is -2.15. The van der Waals surface area contributed by atoms with Gasteiger partial charge in [-0.1, -0.05) is 6.58 Å². The van der Waals surface area contributed by atoms with Crippen molar-refractivity contribution >= 4 is 34.7 Å². The number of nitrogens with one attached hydrogen (secondary N) is 1. The fourth-order valence-corrected chi connectivity index (χ4v) is 3.62. The van der Waals surface area contributed by atoms with Gasteiger partial charge < -0.3 is 15.0 Å². The van der Waals surface area contributed by atoms with Crippen LogP contribution < -0.4 is 5.32 Å². The second-order valence-corrected chi connectivity index (χ2v) is 7.50. The van der Waals surface area contributed by atoms with Gasteiger partial charge in [-0.2, -0.15) is 11.8 Å². The maximum Gasteiger partial charge on any atom is 0.253 e. The van der Waals surface area contributed by atoms with E-state index in [4.69, 9.17) is 4.74 Å². The molecule has 0 bridgehead atoms. The van der Waals surface area contributed by atoms with E-state index in [2.05, 4.69) is 33.1 Å². The average Bonchev–Trinajstić information content (AvgIpc) is 3.21. The van der Waals surface area contributed by atoms with Crippen molar-refractivity contribution in [3.8, 4) is 0 Å². The molecule has 1 fully saturated rings. The van der Waals surface area contributed by atoms with E-state index in [1.807, 2.05) is 23.6 Å². The van der Waals surface area contributed by atoms with Gasteiger partial charge in [0.2, 0.25) is 0 Å². The van der Waals surface area contributed by atoms with Crippen molar-refractivity contribution in [1.82, 2.24) is 24.4 Å². The standard InChI is InChI=1S/C17H24N6O2S/c1-11(7-22(2)3)17(24)21-15-14-16(19-9-18-15)23(10-20-14)13-6-5-12(25-13)8-26-4/h9-10,12-13H,1,5-8H2,2-4H3,(H,18,19,21,24). The van der Waals surface area contributed by atoms with Gasteiger partial charge in [-0.25, -0.2) is 15.0 Å². The molecular formula is C17H24N6O2S. The Morgan fingerprint density at radius 3 is 2.96 bits per heavy atom. The van der Waals surface area contributed by atoms with Crippen molar-refractivity contribution in [2.24, 2.45) is 0 Å². The van der Waals surface area contributed by atoms with Crippen LogP contribution in [0, 0.1) is 0 Å². The van der Waals surface area contributed by atoms with Crippen molar-refractivity contribution in [3.63, 3.8) is 0 Å². The first-order chi connectivity index (χ1) is 12.5. The maximum absolute atomic E-state index is 12.3. The van der Waals surface area contributed by atoms with Gasteiger partial charge in [0.25, 0.3) is 5.91 Å². The summed E-state index contributed by atoms with van der Waals surface area (Å²) in [4.78, 5) is 27.1. The van der Waals surface area contributed by atoms with Crippen LogP contribution in [0.3, 0.4) is 0 Å². The van der Waals surface area contributed by atoms with Crippen LogP contribution in [-0.4, -0.2) is 69.1 Å². The summed E-state index contributed by atoms with van der Waals surface area (Å²) in [6.07, 6.45) is 7.32. The summed E-state index contributed by atoms with van der Waals surface area (Å²) >= 11 is 1.78. The number of rotatable bonds is 7. The first-order valence-corrected chi connectivity index (χ1v) is 9.84. The summed E-state index contributed by atoms with van der Waals surface area (Å²) in [5.74, 6) is 1.09. The van der Waals surface area contributed by atoms with Crippen LogP contribution in [0.5, 0.6) is 0 Å². The minimum Gasteiger partial charge on any atom is -0.354 e. The first kappa shape index (κ1) is 18.8. The predicted molar refractivity (Wildman–Crippen MR) is 103 cm³/mol. The number of hydrogen-bond acceptors (Lipinski definition) is 7. The third kappa shape index (κ3) is 4.05. The Labute approximate surface area is 157 Å². The molecule has 0 aromatic carbocycles. The van der Waals surface area contributed by atoms with E-state index in [-0.39, 0.29) is 18.2 Å². The van der Waals surface area contributed by atoms with Crippen LogP contribution in [0.25, 0.3) is 11.2 Å². The Morgan fingerprint density at radius 2 is 2.23 bits per heavy atom. The van der Waals surface area contributed by atoms with Crippen LogP contribution in [-0.2, 0) is 9.53 Å². The monoisotopic (exact) mass is 376 g/mol. The number of likely N-dealkylation sites (N-methyl/N-ethyl adjacent to an activating group) is 1. The summed E-state index contributed by atoms with van der Waals surface area (Å²) in [7, 11) is 3.77. The molecule has 3 rings (SSSR count). The van der Waals surface area contributed by atoms with E-state index >= 15 is 0 Å². The number of imidazole rings is 1. The van der Waals surface area contributed by atoms with Gasteiger partial charge in [0.05, 0.1) is 12.4 Å².